The molecule has 0 saturated carbocycles. The predicted octanol–water partition coefficient (Wildman–Crippen LogP) is 2.98. The van der Waals surface area contributed by atoms with E-state index in [9.17, 15) is 4.79 Å². The third-order valence-corrected chi connectivity index (χ3v) is 2.56. The van der Waals surface area contributed by atoms with Crippen molar-refractivity contribution in [2.45, 2.75) is 6.42 Å². The topological polar surface area (TPSA) is 40.9 Å². The first-order valence-electron chi connectivity index (χ1n) is 5.37. The Morgan fingerprint density at radius 3 is 2.35 bits per heavy atom. The van der Waals surface area contributed by atoms with Gasteiger partial charge in [-0.25, -0.2) is 0 Å². The highest BCUT2D eigenvalue weighted by Crippen LogP contribution is 2.11. The lowest BCUT2D eigenvalue weighted by Gasteiger charge is -2.03. The lowest BCUT2D eigenvalue weighted by molar-refractivity contribution is 0.0992. The summed E-state index contributed by atoms with van der Waals surface area (Å²) in [5, 5.41) is 8.93. The summed E-state index contributed by atoms with van der Waals surface area (Å²) < 4.78 is 0. The van der Waals surface area contributed by atoms with Gasteiger partial charge < -0.3 is 0 Å². The highest BCUT2D eigenvalue weighted by molar-refractivity contribution is 5.99. The molecular formula is C15H11NO. The molecule has 0 aromatic heterocycles. The second-order valence-electron chi connectivity index (χ2n) is 3.74. The molecule has 0 unspecified atom stereocenters. The van der Waals surface area contributed by atoms with Gasteiger partial charge in [0.05, 0.1) is 11.6 Å². The zero-order chi connectivity index (χ0) is 12.1. The number of hydrogen-bond donors (Lipinski definition) is 0. The number of hydrogen-bond acceptors (Lipinski definition) is 2. The van der Waals surface area contributed by atoms with Crippen LogP contribution in [-0.2, 0) is 6.42 Å². The fourth-order valence-corrected chi connectivity index (χ4v) is 1.70. The van der Waals surface area contributed by atoms with Gasteiger partial charge in [0, 0.05) is 12.0 Å². The molecule has 2 aromatic carbocycles. The molecule has 17 heavy (non-hydrogen) atoms. The van der Waals surface area contributed by atoms with Crippen molar-refractivity contribution >= 4 is 5.78 Å². The molecule has 0 fully saturated rings. The summed E-state index contributed by atoms with van der Waals surface area (Å²) in [4.78, 5) is 12.0. The van der Waals surface area contributed by atoms with Gasteiger partial charge in [0.2, 0.25) is 0 Å². The van der Waals surface area contributed by atoms with Crippen LogP contribution in [0.3, 0.4) is 0 Å². The molecule has 0 amide bonds. The van der Waals surface area contributed by atoms with Gasteiger partial charge in [0.15, 0.2) is 5.78 Å². The summed E-state index contributed by atoms with van der Waals surface area (Å²) >= 11 is 0. The minimum atomic E-state index is -0.0200. The minimum Gasteiger partial charge on any atom is -0.294 e. The third kappa shape index (κ3) is 2.59. The van der Waals surface area contributed by atoms with Crippen molar-refractivity contribution in [2.24, 2.45) is 0 Å². The molecule has 0 radical (unpaired) electrons. The molecular weight excluding hydrogens is 210 g/mol. The maximum atomic E-state index is 12.0. The number of carbonyl (C=O) groups excluding carboxylic acids is 1. The van der Waals surface area contributed by atoms with Crippen LogP contribution in [0.15, 0.2) is 54.6 Å². The summed E-state index contributed by atoms with van der Waals surface area (Å²) in [5.41, 5.74) is 1.90. The van der Waals surface area contributed by atoms with Crippen molar-refractivity contribution in [3.8, 4) is 6.07 Å². The first-order chi connectivity index (χ1) is 8.31. The molecule has 2 aromatic rings. The quantitative estimate of drug-likeness (QED) is 0.747. The molecule has 0 aliphatic heterocycles. The Labute approximate surface area is 100 Å². The SMILES string of the molecule is N#Cc1ccccc1C(=O)Cc1ccccc1. The number of Topliss-reactive ketones (excluding diaryl/α,β-unsaturated/α-hetero) is 1. The Morgan fingerprint density at radius 2 is 1.65 bits per heavy atom. The fourth-order valence-electron chi connectivity index (χ4n) is 1.70. The fraction of sp³-hybridized carbons (Fsp3) is 0.0667. The molecule has 82 valence electrons. The van der Waals surface area contributed by atoms with Crippen LogP contribution in [-0.4, -0.2) is 5.78 Å². The van der Waals surface area contributed by atoms with Crippen molar-refractivity contribution in [1.82, 2.24) is 0 Å². The number of nitrogens with zero attached hydrogens (tertiary/aromatic N) is 1. The smallest absolute Gasteiger partial charge is 0.168 e. The van der Waals surface area contributed by atoms with Crippen molar-refractivity contribution in [3.63, 3.8) is 0 Å². The number of rotatable bonds is 3. The summed E-state index contributed by atoms with van der Waals surface area (Å²) in [6, 6.07) is 18.5. The van der Waals surface area contributed by atoms with Gasteiger partial charge in [-0.2, -0.15) is 5.26 Å². The van der Waals surface area contributed by atoms with Crippen LogP contribution >= 0.6 is 0 Å². The van der Waals surface area contributed by atoms with E-state index in [2.05, 4.69) is 0 Å². The number of ketones is 1. The number of benzene rings is 2. The molecule has 0 aliphatic carbocycles. The predicted molar refractivity (Wildman–Crippen MR) is 65.6 cm³/mol. The highest BCUT2D eigenvalue weighted by atomic mass is 16.1. The van der Waals surface area contributed by atoms with E-state index in [0.717, 1.165) is 5.56 Å². The van der Waals surface area contributed by atoms with E-state index in [1.807, 2.05) is 36.4 Å². The van der Waals surface area contributed by atoms with Gasteiger partial charge in [-0.3, -0.25) is 4.79 Å². The van der Waals surface area contributed by atoms with Gasteiger partial charge in [0.1, 0.15) is 0 Å². The largest absolute Gasteiger partial charge is 0.294 e. The van der Waals surface area contributed by atoms with Gasteiger partial charge in [-0.05, 0) is 11.6 Å². The Bertz CT molecular complexity index is 567. The monoisotopic (exact) mass is 221 g/mol. The van der Waals surface area contributed by atoms with E-state index >= 15 is 0 Å². The molecule has 0 bridgehead atoms. The van der Waals surface area contributed by atoms with Crippen molar-refractivity contribution in [1.29, 1.82) is 5.26 Å². The van der Waals surface area contributed by atoms with E-state index in [4.69, 9.17) is 5.26 Å². The molecule has 0 heterocycles. The first-order valence-corrected chi connectivity index (χ1v) is 5.37. The van der Waals surface area contributed by atoms with Crippen LogP contribution in [0.1, 0.15) is 21.5 Å². The Morgan fingerprint density at radius 1 is 1.00 bits per heavy atom. The summed E-state index contributed by atoms with van der Waals surface area (Å²) in [6.45, 7) is 0. The number of carbonyl (C=O) groups is 1. The molecule has 2 nitrogen and oxygen atoms in total. The van der Waals surface area contributed by atoms with Crippen LogP contribution in [0, 0.1) is 11.3 Å². The molecule has 0 saturated heterocycles. The van der Waals surface area contributed by atoms with Gasteiger partial charge in [-0.15, -0.1) is 0 Å². The third-order valence-electron chi connectivity index (χ3n) is 2.56. The van der Waals surface area contributed by atoms with E-state index in [1.54, 1.807) is 24.3 Å². The van der Waals surface area contributed by atoms with Crippen LogP contribution in [0.2, 0.25) is 0 Å². The minimum absolute atomic E-state index is 0.0200. The Balaban J connectivity index is 2.24. The Hall–Kier alpha value is -2.40. The van der Waals surface area contributed by atoms with E-state index < -0.39 is 0 Å². The van der Waals surface area contributed by atoms with Crippen LogP contribution in [0.5, 0.6) is 0 Å². The van der Waals surface area contributed by atoms with Crippen LogP contribution < -0.4 is 0 Å². The maximum absolute atomic E-state index is 12.0. The molecule has 0 aliphatic rings. The van der Waals surface area contributed by atoms with Gasteiger partial charge in [0.25, 0.3) is 0 Å². The Kier molecular flexibility index (Phi) is 3.32. The van der Waals surface area contributed by atoms with Crippen molar-refractivity contribution in [2.75, 3.05) is 0 Å². The molecule has 0 spiro atoms. The first kappa shape index (κ1) is 11.1. The average Bonchev–Trinajstić information content (AvgIpc) is 2.40. The molecule has 0 atom stereocenters. The summed E-state index contributed by atoms with van der Waals surface area (Å²) in [6.07, 6.45) is 0.333. The standard InChI is InChI=1S/C15H11NO/c16-11-13-8-4-5-9-14(13)15(17)10-12-6-2-1-3-7-12/h1-9H,10H2. The normalized spacial score (nSPS) is 9.59. The lowest BCUT2D eigenvalue weighted by Crippen LogP contribution is -2.05. The highest BCUT2D eigenvalue weighted by Gasteiger charge is 2.10. The summed E-state index contributed by atoms with van der Waals surface area (Å²) in [5.74, 6) is -0.0200. The zero-order valence-electron chi connectivity index (χ0n) is 9.26. The van der Waals surface area contributed by atoms with Gasteiger partial charge >= 0.3 is 0 Å². The second-order valence-corrected chi connectivity index (χ2v) is 3.74. The molecule has 2 heteroatoms. The second kappa shape index (κ2) is 5.09. The van der Waals surface area contributed by atoms with E-state index in [0.29, 0.717) is 17.5 Å². The van der Waals surface area contributed by atoms with Gasteiger partial charge in [-0.1, -0.05) is 48.5 Å². The van der Waals surface area contributed by atoms with Crippen LogP contribution in [0.4, 0.5) is 0 Å². The van der Waals surface area contributed by atoms with E-state index in [-0.39, 0.29) is 5.78 Å². The zero-order valence-corrected chi connectivity index (χ0v) is 9.26. The molecule has 2 rings (SSSR count). The summed E-state index contributed by atoms with van der Waals surface area (Å²) in [7, 11) is 0. The van der Waals surface area contributed by atoms with Crippen molar-refractivity contribution < 1.29 is 4.79 Å². The van der Waals surface area contributed by atoms with E-state index in [1.165, 1.54) is 0 Å². The van der Waals surface area contributed by atoms with Crippen LogP contribution in [0.25, 0.3) is 0 Å². The lowest BCUT2D eigenvalue weighted by atomic mass is 9.99. The number of nitriles is 1. The maximum Gasteiger partial charge on any atom is 0.168 e. The molecule has 0 N–H and O–H groups in total. The van der Waals surface area contributed by atoms with Crippen molar-refractivity contribution in [3.05, 3.63) is 71.3 Å². The average molecular weight is 221 g/mol.